The predicted octanol–water partition coefficient (Wildman–Crippen LogP) is 5.61. The molecule has 0 aliphatic carbocycles. The van der Waals surface area contributed by atoms with Crippen LogP contribution in [0, 0.1) is 13.8 Å². The van der Waals surface area contributed by atoms with E-state index in [9.17, 15) is 4.79 Å². The first-order valence-corrected chi connectivity index (χ1v) is 10.0. The molecule has 0 unspecified atom stereocenters. The third-order valence-corrected chi connectivity index (χ3v) is 5.22. The second kappa shape index (κ2) is 9.03. The Labute approximate surface area is 171 Å². The third kappa shape index (κ3) is 4.73. The molecule has 154 valence electrons. The van der Waals surface area contributed by atoms with E-state index in [0.29, 0.717) is 19.6 Å². The standard InChI is InChI=1S/C24H28O5/c1-5-20-11-18-12-21(27-6-2)13-19(24(18)29-20)14-28-22-9-7-17(8-10-23(25)26)15(3)16(22)4/h7,9,11-13H,5-6,8,10,14H2,1-4H3,(H,25,26). The Kier molecular flexibility index (Phi) is 6.47. The molecule has 0 bridgehead atoms. The summed E-state index contributed by atoms with van der Waals surface area (Å²) < 4.78 is 17.9. The summed E-state index contributed by atoms with van der Waals surface area (Å²) in [6, 6.07) is 9.89. The third-order valence-electron chi connectivity index (χ3n) is 5.22. The van der Waals surface area contributed by atoms with Crippen LogP contribution in [0.15, 0.2) is 34.7 Å². The number of aryl methyl sites for hydroxylation is 2. The summed E-state index contributed by atoms with van der Waals surface area (Å²) in [6.45, 7) is 9.00. The molecule has 29 heavy (non-hydrogen) atoms. The fourth-order valence-electron chi connectivity index (χ4n) is 3.46. The number of rotatable bonds is 9. The molecule has 0 aliphatic rings. The van der Waals surface area contributed by atoms with Gasteiger partial charge >= 0.3 is 5.97 Å². The van der Waals surface area contributed by atoms with Gasteiger partial charge in [-0.3, -0.25) is 4.79 Å². The SMILES string of the molecule is CCOc1cc(COc2ccc(CCC(=O)O)c(C)c2C)c2oc(CC)cc2c1. The van der Waals surface area contributed by atoms with Crippen LogP contribution in [0.5, 0.6) is 11.5 Å². The maximum absolute atomic E-state index is 10.9. The lowest BCUT2D eigenvalue weighted by Gasteiger charge is -2.15. The molecule has 1 heterocycles. The summed E-state index contributed by atoms with van der Waals surface area (Å²) >= 11 is 0. The Morgan fingerprint density at radius 3 is 2.52 bits per heavy atom. The number of carboxylic acids is 1. The van der Waals surface area contributed by atoms with Crippen molar-refractivity contribution < 1.29 is 23.8 Å². The van der Waals surface area contributed by atoms with Gasteiger partial charge in [0, 0.05) is 23.8 Å². The van der Waals surface area contributed by atoms with Crippen molar-refractivity contribution in [1.82, 2.24) is 0 Å². The highest BCUT2D eigenvalue weighted by molar-refractivity contribution is 5.83. The second-order valence-electron chi connectivity index (χ2n) is 7.16. The second-order valence-corrected chi connectivity index (χ2v) is 7.16. The zero-order valence-corrected chi connectivity index (χ0v) is 17.5. The smallest absolute Gasteiger partial charge is 0.303 e. The van der Waals surface area contributed by atoms with Crippen LogP contribution in [0.3, 0.4) is 0 Å². The van der Waals surface area contributed by atoms with Crippen LogP contribution >= 0.6 is 0 Å². The number of ether oxygens (including phenoxy) is 2. The van der Waals surface area contributed by atoms with E-state index >= 15 is 0 Å². The summed E-state index contributed by atoms with van der Waals surface area (Å²) in [5.74, 6) is 1.74. The lowest BCUT2D eigenvalue weighted by atomic mass is 9.99. The first-order chi connectivity index (χ1) is 13.9. The van der Waals surface area contributed by atoms with Crippen LogP contribution in [0.25, 0.3) is 11.0 Å². The molecule has 0 atom stereocenters. The number of hydrogen-bond acceptors (Lipinski definition) is 4. The molecule has 0 radical (unpaired) electrons. The van der Waals surface area contributed by atoms with Crippen molar-refractivity contribution in [2.24, 2.45) is 0 Å². The quantitative estimate of drug-likeness (QED) is 0.509. The summed E-state index contributed by atoms with van der Waals surface area (Å²) in [6.07, 6.45) is 1.47. The van der Waals surface area contributed by atoms with Gasteiger partial charge in [-0.1, -0.05) is 13.0 Å². The van der Waals surface area contributed by atoms with E-state index in [1.807, 2.05) is 51.1 Å². The first kappa shape index (κ1) is 20.8. The largest absolute Gasteiger partial charge is 0.494 e. The highest BCUT2D eigenvalue weighted by atomic mass is 16.5. The van der Waals surface area contributed by atoms with E-state index in [1.54, 1.807) is 0 Å². The molecule has 0 fully saturated rings. The molecule has 1 N–H and O–H groups in total. The summed E-state index contributed by atoms with van der Waals surface area (Å²) in [5.41, 5.74) is 4.91. The average Bonchev–Trinajstić information content (AvgIpc) is 3.11. The van der Waals surface area contributed by atoms with Crippen molar-refractivity contribution >= 4 is 16.9 Å². The Morgan fingerprint density at radius 1 is 1.03 bits per heavy atom. The van der Waals surface area contributed by atoms with Crippen molar-refractivity contribution in [3.63, 3.8) is 0 Å². The van der Waals surface area contributed by atoms with Gasteiger partial charge in [0.15, 0.2) is 0 Å². The lowest BCUT2D eigenvalue weighted by Crippen LogP contribution is -2.03. The molecule has 1 aromatic heterocycles. The van der Waals surface area contributed by atoms with Crippen LogP contribution in [0.1, 0.15) is 48.3 Å². The molecule has 2 aromatic carbocycles. The minimum absolute atomic E-state index is 0.126. The number of hydrogen-bond donors (Lipinski definition) is 1. The monoisotopic (exact) mass is 396 g/mol. The maximum Gasteiger partial charge on any atom is 0.303 e. The van der Waals surface area contributed by atoms with Crippen LogP contribution in [-0.4, -0.2) is 17.7 Å². The van der Waals surface area contributed by atoms with Gasteiger partial charge in [-0.25, -0.2) is 0 Å². The normalized spacial score (nSPS) is 11.0. The van der Waals surface area contributed by atoms with Crippen LogP contribution in [-0.2, 0) is 24.2 Å². The lowest BCUT2D eigenvalue weighted by molar-refractivity contribution is -0.136. The highest BCUT2D eigenvalue weighted by Crippen LogP contribution is 2.31. The first-order valence-electron chi connectivity index (χ1n) is 10.0. The Balaban J connectivity index is 1.85. The van der Waals surface area contributed by atoms with Crippen molar-refractivity contribution in [2.75, 3.05) is 6.61 Å². The summed E-state index contributed by atoms with van der Waals surface area (Å²) in [4.78, 5) is 10.9. The highest BCUT2D eigenvalue weighted by Gasteiger charge is 2.13. The minimum Gasteiger partial charge on any atom is -0.494 e. The van der Waals surface area contributed by atoms with E-state index in [1.165, 1.54) is 0 Å². The Bertz CT molecular complexity index is 1020. The van der Waals surface area contributed by atoms with E-state index in [2.05, 4.69) is 6.92 Å². The van der Waals surface area contributed by atoms with E-state index in [-0.39, 0.29) is 6.42 Å². The molecule has 5 nitrogen and oxygen atoms in total. The molecule has 0 saturated heterocycles. The van der Waals surface area contributed by atoms with Gasteiger partial charge in [0.2, 0.25) is 0 Å². The minimum atomic E-state index is -0.787. The summed E-state index contributed by atoms with van der Waals surface area (Å²) in [5, 5.41) is 9.94. The fourth-order valence-corrected chi connectivity index (χ4v) is 3.46. The van der Waals surface area contributed by atoms with E-state index in [0.717, 1.165) is 56.9 Å². The van der Waals surface area contributed by atoms with E-state index in [4.69, 9.17) is 19.0 Å². The number of carboxylic acid groups (broad SMARTS) is 1. The van der Waals surface area contributed by atoms with Gasteiger partial charge in [0.25, 0.3) is 0 Å². The van der Waals surface area contributed by atoms with Crippen molar-refractivity contribution in [3.05, 3.63) is 58.3 Å². The van der Waals surface area contributed by atoms with Gasteiger partial charge in [0.1, 0.15) is 29.4 Å². The van der Waals surface area contributed by atoms with Crippen molar-refractivity contribution in [1.29, 1.82) is 0 Å². The molecular formula is C24H28O5. The topological polar surface area (TPSA) is 68.9 Å². The Morgan fingerprint density at radius 2 is 1.83 bits per heavy atom. The van der Waals surface area contributed by atoms with Gasteiger partial charge in [-0.2, -0.15) is 0 Å². The molecule has 3 aromatic rings. The zero-order chi connectivity index (χ0) is 21.0. The van der Waals surface area contributed by atoms with Crippen molar-refractivity contribution in [2.45, 2.75) is 53.6 Å². The van der Waals surface area contributed by atoms with Crippen LogP contribution in [0.4, 0.5) is 0 Å². The molecular weight excluding hydrogens is 368 g/mol. The molecule has 0 amide bonds. The fraction of sp³-hybridized carbons (Fsp3) is 0.375. The van der Waals surface area contributed by atoms with Gasteiger partial charge < -0.3 is 19.0 Å². The maximum atomic E-state index is 10.9. The number of benzene rings is 2. The molecule has 0 spiro atoms. The predicted molar refractivity (Wildman–Crippen MR) is 113 cm³/mol. The van der Waals surface area contributed by atoms with Crippen molar-refractivity contribution in [3.8, 4) is 11.5 Å². The van der Waals surface area contributed by atoms with Crippen LogP contribution in [0.2, 0.25) is 0 Å². The Hall–Kier alpha value is -2.95. The molecule has 5 heteroatoms. The number of carbonyl (C=O) groups is 1. The molecule has 0 saturated carbocycles. The number of furan rings is 1. The average molecular weight is 396 g/mol. The molecule has 3 rings (SSSR count). The summed E-state index contributed by atoms with van der Waals surface area (Å²) in [7, 11) is 0. The van der Waals surface area contributed by atoms with Crippen LogP contribution < -0.4 is 9.47 Å². The van der Waals surface area contributed by atoms with Gasteiger partial charge in [-0.15, -0.1) is 0 Å². The molecule has 0 aliphatic heterocycles. The van der Waals surface area contributed by atoms with Gasteiger partial charge in [-0.05, 0) is 68.1 Å². The zero-order valence-electron chi connectivity index (χ0n) is 17.5. The number of fused-ring (bicyclic) bond motifs is 1. The van der Waals surface area contributed by atoms with Gasteiger partial charge in [0.05, 0.1) is 6.61 Å². The van der Waals surface area contributed by atoms with E-state index < -0.39 is 5.97 Å². The number of aliphatic carboxylic acids is 1.